The molecule has 0 radical (unpaired) electrons. The smallest absolute Gasteiger partial charge is 0.361 e. The molecule has 1 amide bonds. The Hall–Kier alpha value is -4.17. The third kappa shape index (κ3) is 5.00. The quantitative estimate of drug-likeness (QED) is 0.264. The van der Waals surface area contributed by atoms with E-state index in [1.165, 1.54) is 4.68 Å². The highest BCUT2D eigenvalue weighted by molar-refractivity contribution is 6.09. The van der Waals surface area contributed by atoms with Crippen LogP contribution in [0, 0.1) is 0 Å². The van der Waals surface area contributed by atoms with Crippen LogP contribution in [0.2, 0.25) is 0 Å². The van der Waals surface area contributed by atoms with Gasteiger partial charge in [0, 0.05) is 10.6 Å². The van der Waals surface area contributed by atoms with Crippen LogP contribution in [0.3, 0.4) is 0 Å². The van der Waals surface area contributed by atoms with Crippen molar-refractivity contribution in [2.45, 2.75) is 20.0 Å². The van der Waals surface area contributed by atoms with E-state index in [1.807, 2.05) is 30.3 Å². The zero-order chi connectivity index (χ0) is 21.3. The number of carbonyl (C=O) groups is 2. The summed E-state index contributed by atoms with van der Waals surface area (Å²) in [6.45, 7) is 2.28. The Morgan fingerprint density at radius 2 is 1.83 bits per heavy atom. The summed E-state index contributed by atoms with van der Waals surface area (Å²) < 4.78 is 6.37. The van der Waals surface area contributed by atoms with Gasteiger partial charge in [0.05, 0.1) is 19.7 Å². The van der Waals surface area contributed by atoms with Gasteiger partial charge in [-0.3, -0.25) is 4.79 Å². The van der Waals surface area contributed by atoms with Gasteiger partial charge in [0.15, 0.2) is 5.69 Å². The summed E-state index contributed by atoms with van der Waals surface area (Å²) in [7, 11) is 0. The Kier molecular flexibility index (Phi) is 6.75. The maximum Gasteiger partial charge on any atom is 0.361 e. The van der Waals surface area contributed by atoms with Crippen molar-refractivity contribution in [1.29, 1.82) is 0 Å². The molecule has 0 saturated heterocycles. The van der Waals surface area contributed by atoms with Crippen molar-refractivity contribution >= 4 is 17.6 Å². The molecule has 0 aliphatic heterocycles. The van der Waals surface area contributed by atoms with Crippen LogP contribution in [-0.4, -0.2) is 33.5 Å². The molecule has 3 aromatic rings. The molecule has 0 unspecified atom stereocenters. The number of nitrogens with one attached hydrogen (secondary N) is 1. The SMILES string of the molecule is CCOC(=O)c1nnn(Cc2ccc(CN=[N+]=[N-])cc2)c1C(=O)Nc1ccccc1. The molecule has 0 atom stereocenters. The molecule has 10 nitrogen and oxygen atoms in total. The number of hydrogen-bond acceptors (Lipinski definition) is 6. The van der Waals surface area contributed by atoms with E-state index in [1.54, 1.807) is 31.2 Å². The maximum atomic E-state index is 12.9. The van der Waals surface area contributed by atoms with E-state index in [4.69, 9.17) is 10.3 Å². The molecular formula is C20H19N7O3. The Balaban J connectivity index is 1.89. The van der Waals surface area contributed by atoms with Crippen molar-refractivity contribution in [2.24, 2.45) is 5.11 Å². The number of benzene rings is 2. The minimum atomic E-state index is -0.716. The summed E-state index contributed by atoms with van der Waals surface area (Å²) in [6, 6.07) is 16.2. The number of para-hydroxylation sites is 1. The fourth-order valence-corrected chi connectivity index (χ4v) is 2.73. The first-order valence-corrected chi connectivity index (χ1v) is 9.18. The molecule has 3 rings (SSSR count). The van der Waals surface area contributed by atoms with Crippen LogP contribution in [-0.2, 0) is 17.8 Å². The molecule has 1 N–H and O–H groups in total. The molecule has 0 aliphatic rings. The van der Waals surface area contributed by atoms with Gasteiger partial charge in [-0.2, -0.15) is 0 Å². The van der Waals surface area contributed by atoms with Crippen LogP contribution in [0.5, 0.6) is 0 Å². The van der Waals surface area contributed by atoms with Crippen molar-refractivity contribution in [1.82, 2.24) is 15.0 Å². The van der Waals surface area contributed by atoms with E-state index < -0.39 is 11.9 Å². The summed E-state index contributed by atoms with van der Waals surface area (Å²) in [5.41, 5.74) is 10.5. The van der Waals surface area contributed by atoms with Crippen LogP contribution in [0.1, 0.15) is 39.0 Å². The molecule has 0 spiro atoms. The van der Waals surface area contributed by atoms with Crippen LogP contribution >= 0.6 is 0 Å². The number of amides is 1. The standard InChI is InChI=1S/C20H19N7O3/c1-2-30-20(29)17-18(19(28)23-16-6-4-3-5-7-16)27(26-24-17)13-15-10-8-14(9-11-15)12-22-25-21/h3-11H,2,12-13H2,1H3,(H,23,28). The molecule has 2 aromatic carbocycles. The summed E-state index contributed by atoms with van der Waals surface area (Å²) in [4.78, 5) is 27.9. The number of ether oxygens (including phenoxy) is 1. The van der Waals surface area contributed by atoms with Crippen molar-refractivity contribution in [2.75, 3.05) is 11.9 Å². The first kappa shape index (κ1) is 20.6. The second kappa shape index (κ2) is 9.85. The predicted molar refractivity (Wildman–Crippen MR) is 109 cm³/mol. The van der Waals surface area contributed by atoms with Gasteiger partial charge in [0.2, 0.25) is 5.69 Å². The van der Waals surface area contributed by atoms with Crippen molar-refractivity contribution < 1.29 is 14.3 Å². The number of nitrogens with zero attached hydrogens (tertiary/aromatic N) is 6. The zero-order valence-corrected chi connectivity index (χ0v) is 16.2. The van der Waals surface area contributed by atoms with Crippen molar-refractivity contribution in [3.05, 3.63) is 87.6 Å². The average Bonchev–Trinajstić information content (AvgIpc) is 3.18. The number of rotatable bonds is 8. The lowest BCUT2D eigenvalue weighted by Gasteiger charge is -2.09. The number of azide groups is 1. The monoisotopic (exact) mass is 405 g/mol. The van der Waals surface area contributed by atoms with E-state index >= 15 is 0 Å². The molecule has 0 saturated carbocycles. The van der Waals surface area contributed by atoms with Gasteiger partial charge in [-0.05, 0) is 35.7 Å². The lowest BCUT2D eigenvalue weighted by atomic mass is 10.1. The normalized spacial score (nSPS) is 10.2. The van der Waals surface area contributed by atoms with Gasteiger partial charge in [-0.25, -0.2) is 9.48 Å². The molecule has 10 heteroatoms. The summed E-state index contributed by atoms with van der Waals surface area (Å²) >= 11 is 0. The second-order valence-corrected chi connectivity index (χ2v) is 6.19. The third-order valence-electron chi connectivity index (χ3n) is 4.12. The summed E-state index contributed by atoms with van der Waals surface area (Å²) in [5.74, 6) is -1.24. The number of esters is 1. The largest absolute Gasteiger partial charge is 0.461 e. The van der Waals surface area contributed by atoms with Gasteiger partial charge in [-0.1, -0.05) is 52.8 Å². The van der Waals surface area contributed by atoms with Crippen molar-refractivity contribution in [3.63, 3.8) is 0 Å². The second-order valence-electron chi connectivity index (χ2n) is 6.19. The molecule has 30 heavy (non-hydrogen) atoms. The first-order valence-electron chi connectivity index (χ1n) is 9.18. The van der Waals surface area contributed by atoms with Crippen LogP contribution in [0.15, 0.2) is 59.7 Å². The Bertz CT molecular complexity index is 1070. The molecule has 1 aromatic heterocycles. The summed E-state index contributed by atoms with van der Waals surface area (Å²) in [6.07, 6.45) is 0. The lowest BCUT2D eigenvalue weighted by Crippen LogP contribution is -2.22. The van der Waals surface area contributed by atoms with E-state index in [0.29, 0.717) is 5.69 Å². The maximum absolute atomic E-state index is 12.9. The molecule has 0 bridgehead atoms. The van der Waals surface area contributed by atoms with Gasteiger partial charge < -0.3 is 10.1 Å². The number of anilines is 1. The Morgan fingerprint density at radius 3 is 2.50 bits per heavy atom. The number of hydrogen-bond donors (Lipinski definition) is 1. The molecule has 0 aliphatic carbocycles. The van der Waals surface area contributed by atoms with Gasteiger partial charge in [0.25, 0.3) is 5.91 Å². The van der Waals surface area contributed by atoms with Crippen molar-refractivity contribution in [3.8, 4) is 0 Å². The predicted octanol–water partition coefficient (Wildman–Crippen LogP) is 3.57. The highest BCUT2D eigenvalue weighted by Crippen LogP contribution is 2.15. The molecular weight excluding hydrogens is 386 g/mol. The Labute approximate surface area is 172 Å². The number of carbonyl (C=O) groups excluding carboxylic acids is 2. The van der Waals surface area contributed by atoms with E-state index in [0.717, 1.165) is 11.1 Å². The fourth-order valence-electron chi connectivity index (χ4n) is 2.73. The fraction of sp³-hybridized carbons (Fsp3) is 0.200. The van der Waals surface area contributed by atoms with Crippen LogP contribution < -0.4 is 5.32 Å². The lowest BCUT2D eigenvalue weighted by molar-refractivity contribution is 0.0516. The highest BCUT2D eigenvalue weighted by Gasteiger charge is 2.26. The molecule has 1 heterocycles. The average molecular weight is 405 g/mol. The Morgan fingerprint density at radius 1 is 1.13 bits per heavy atom. The highest BCUT2D eigenvalue weighted by atomic mass is 16.5. The van der Waals surface area contributed by atoms with Gasteiger partial charge >= 0.3 is 5.97 Å². The minimum Gasteiger partial charge on any atom is -0.461 e. The molecule has 152 valence electrons. The van der Waals surface area contributed by atoms with E-state index in [9.17, 15) is 9.59 Å². The van der Waals surface area contributed by atoms with Crippen LogP contribution in [0.4, 0.5) is 5.69 Å². The first-order chi connectivity index (χ1) is 14.6. The third-order valence-corrected chi connectivity index (χ3v) is 4.12. The minimum absolute atomic E-state index is 0.00969. The van der Waals surface area contributed by atoms with Gasteiger partial charge in [-0.15, -0.1) is 5.10 Å². The summed E-state index contributed by atoms with van der Waals surface area (Å²) in [5, 5.41) is 14.1. The zero-order valence-electron chi connectivity index (χ0n) is 16.2. The number of aromatic nitrogens is 3. The van der Waals surface area contributed by atoms with E-state index in [2.05, 4.69) is 25.7 Å². The van der Waals surface area contributed by atoms with E-state index in [-0.39, 0.29) is 31.1 Å². The van der Waals surface area contributed by atoms with Gasteiger partial charge in [0.1, 0.15) is 0 Å². The van der Waals surface area contributed by atoms with Crippen LogP contribution in [0.25, 0.3) is 10.4 Å². The topological polar surface area (TPSA) is 135 Å². The molecule has 0 fully saturated rings.